The lowest BCUT2D eigenvalue weighted by Gasteiger charge is -2.26. The monoisotopic (exact) mass is 239 g/mol. The van der Waals surface area contributed by atoms with Crippen LogP contribution in [0.1, 0.15) is 23.5 Å². The number of nitrogens with one attached hydrogen (secondary N) is 1. The molecule has 1 aromatic rings. The lowest BCUT2D eigenvalue weighted by Crippen LogP contribution is -2.34. The minimum absolute atomic E-state index is 0.0906. The Morgan fingerprint density at radius 2 is 2.29 bits per heavy atom. The van der Waals surface area contributed by atoms with Gasteiger partial charge in [0.2, 0.25) is 11.8 Å². The Morgan fingerprint density at radius 3 is 2.88 bits per heavy atom. The minimum Gasteiger partial charge on any atom is -0.381 e. The summed E-state index contributed by atoms with van der Waals surface area (Å²) in [7, 11) is 1.76. The van der Waals surface area contributed by atoms with Crippen molar-refractivity contribution in [2.24, 2.45) is 5.92 Å². The maximum absolute atomic E-state index is 11.9. The topological polar surface area (TPSA) is 97.1 Å². The largest absolute Gasteiger partial charge is 0.381 e. The zero-order valence-corrected chi connectivity index (χ0v) is 9.85. The number of aromatic amines is 1. The van der Waals surface area contributed by atoms with Gasteiger partial charge in [0.25, 0.3) is 5.91 Å². The van der Waals surface area contributed by atoms with E-state index in [2.05, 4.69) is 15.2 Å². The smallest absolute Gasteiger partial charge is 0.290 e. The first-order valence-corrected chi connectivity index (χ1v) is 5.68. The first kappa shape index (κ1) is 11.8. The van der Waals surface area contributed by atoms with Gasteiger partial charge in [0.15, 0.2) is 0 Å². The molecule has 1 aliphatic heterocycles. The summed E-state index contributed by atoms with van der Waals surface area (Å²) in [6, 6.07) is 0. The maximum Gasteiger partial charge on any atom is 0.290 e. The standard InChI is InChI=1S/C10H17N5O2/c1-15(6-7-2-4-17-5-3-7)9(16)8-12-10(11)14-13-8/h7H,2-6H2,1H3,(H3,11,12,13,14). The molecule has 1 amide bonds. The van der Waals surface area contributed by atoms with E-state index in [1.54, 1.807) is 11.9 Å². The SMILES string of the molecule is CN(CC1CCOCC1)C(=O)c1nc(N)n[nH]1. The molecule has 0 atom stereocenters. The molecule has 0 spiro atoms. The highest BCUT2D eigenvalue weighted by molar-refractivity contribution is 5.90. The second-order valence-corrected chi connectivity index (χ2v) is 4.28. The second-order valence-electron chi connectivity index (χ2n) is 4.28. The van der Waals surface area contributed by atoms with Crippen molar-refractivity contribution in [1.29, 1.82) is 0 Å². The van der Waals surface area contributed by atoms with Crippen LogP contribution in [-0.4, -0.2) is 52.8 Å². The van der Waals surface area contributed by atoms with Crippen LogP contribution >= 0.6 is 0 Å². The number of ether oxygens (including phenoxy) is 1. The molecular weight excluding hydrogens is 222 g/mol. The van der Waals surface area contributed by atoms with Crippen LogP contribution in [-0.2, 0) is 4.74 Å². The summed E-state index contributed by atoms with van der Waals surface area (Å²) in [6.45, 7) is 2.27. The van der Waals surface area contributed by atoms with E-state index in [0.29, 0.717) is 12.5 Å². The fourth-order valence-electron chi connectivity index (χ4n) is 1.95. The maximum atomic E-state index is 11.9. The van der Waals surface area contributed by atoms with Crippen molar-refractivity contribution >= 4 is 11.9 Å². The third-order valence-electron chi connectivity index (χ3n) is 2.92. The summed E-state index contributed by atoms with van der Waals surface area (Å²) in [6.07, 6.45) is 1.99. The van der Waals surface area contributed by atoms with E-state index in [9.17, 15) is 4.79 Å². The Bertz CT molecular complexity index is 386. The molecule has 0 aromatic carbocycles. The molecule has 3 N–H and O–H groups in total. The van der Waals surface area contributed by atoms with Gasteiger partial charge in [0.1, 0.15) is 0 Å². The molecule has 1 aliphatic rings. The molecule has 1 aromatic heterocycles. The Morgan fingerprint density at radius 1 is 1.59 bits per heavy atom. The van der Waals surface area contributed by atoms with Gasteiger partial charge in [0.05, 0.1) is 0 Å². The Balaban J connectivity index is 1.90. The Hall–Kier alpha value is -1.63. The summed E-state index contributed by atoms with van der Waals surface area (Å²) in [4.78, 5) is 17.4. The number of nitrogen functional groups attached to an aromatic ring is 1. The van der Waals surface area contributed by atoms with Crippen molar-refractivity contribution in [3.8, 4) is 0 Å². The van der Waals surface area contributed by atoms with Crippen molar-refractivity contribution in [2.45, 2.75) is 12.8 Å². The first-order valence-electron chi connectivity index (χ1n) is 5.68. The first-order chi connectivity index (χ1) is 8.16. The van der Waals surface area contributed by atoms with Crippen molar-refractivity contribution in [2.75, 3.05) is 32.5 Å². The number of carbonyl (C=O) groups is 1. The molecule has 0 radical (unpaired) electrons. The number of anilines is 1. The van der Waals surface area contributed by atoms with Gasteiger partial charge in [-0.05, 0) is 18.8 Å². The molecule has 0 unspecified atom stereocenters. The summed E-state index contributed by atoms with van der Waals surface area (Å²) in [5, 5.41) is 6.16. The minimum atomic E-state index is -0.180. The van der Waals surface area contributed by atoms with Crippen molar-refractivity contribution in [3.05, 3.63) is 5.82 Å². The number of carbonyl (C=O) groups excluding carboxylic acids is 1. The van der Waals surface area contributed by atoms with E-state index in [-0.39, 0.29) is 17.7 Å². The van der Waals surface area contributed by atoms with Gasteiger partial charge in [-0.15, -0.1) is 5.10 Å². The lowest BCUT2D eigenvalue weighted by atomic mass is 10.00. The van der Waals surface area contributed by atoms with E-state index in [1.807, 2.05) is 0 Å². The zero-order valence-electron chi connectivity index (χ0n) is 9.85. The van der Waals surface area contributed by atoms with Crippen molar-refractivity contribution < 1.29 is 9.53 Å². The number of nitrogens with zero attached hydrogens (tertiary/aromatic N) is 3. The van der Waals surface area contributed by atoms with E-state index in [0.717, 1.165) is 26.1 Å². The summed E-state index contributed by atoms with van der Waals surface area (Å²) in [5.74, 6) is 0.600. The molecule has 0 aliphatic carbocycles. The predicted octanol–water partition coefficient (Wildman–Crippen LogP) is -0.114. The lowest BCUT2D eigenvalue weighted by molar-refractivity contribution is 0.0493. The molecule has 1 saturated heterocycles. The van der Waals surface area contributed by atoms with Crippen LogP contribution in [0.3, 0.4) is 0 Å². The summed E-state index contributed by atoms with van der Waals surface area (Å²) < 4.78 is 5.28. The number of amides is 1. The van der Waals surface area contributed by atoms with Crippen molar-refractivity contribution in [1.82, 2.24) is 20.1 Å². The number of nitrogens with two attached hydrogens (primary N) is 1. The summed E-state index contributed by atoms with van der Waals surface area (Å²) in [5.41, 5.74) is 5.36. The molecule has 7 nitrogen and oxygen atoms in total. The number of hydrogen-bond acceptors (Lipinski definition) is 5. The van der Waals surface area contributed by atoms with Crippen LogP contribution in [0.5, 0.6) is 0 Å². The quantitative estimate of drug-likeness (QED) is 0.766. The zero-order chi connectivity index (χ0) is 12.3. The third kappa shape index (κ3) is 2.94. The van der Waals surface area contributed by atoms with E-state index in [1.165, 1.54) is 0 Å². The van der Waals surface area contributed by atoms with Crippen LogP contribution in [0.25, 0.3) is 0 Å². The van der Waals surface area contributed by atoms with E-state index >= 15 is 0 Å². The molecule has 94 valence electrons. The van der Waals surface area contributed by atoms with Crippen LogP contribution in [0.4, 0.5) is 5.95 Å². The van der Waals surface area contributed by atoms with Gasteiger partial charge in [-0.1, -0.05) is 0 Å². The van der Waals surface area contributed by atoms with Gasteiger partial charge in [-0.3, -0.25) is 9.89 Å². The van der Waals surface area contributed by atoms with Crippen LogP contribution in [0, 0.1) is 5.92 Å². The number of H-pyrrole nitrogens is 1. The van der Waals surface area contributed by atoms with Gasteiger partial charge in [-0.25, -0.2) is 0 Å². The molecule has 2 heterocycles. The fraction of sp³-hybridized carbons (Fsp3) is 0.700. The molecule has 7 heteroatoms. The molecule has 0 bridgehead atoms. The normalized spacial score (nSPS) is 17.0. The predicted molar refractivity (Wildman–Crippen MR) is 61.3 cm³/mol. The molecular formula is C10H17N5O2. The molecule has 1 fully saturated rings. The Labute approximate surface area is 99.3 Å². The van der Waals surface area contributed by atoms with E-state index in [4.69, 9.17) is 10.5 Å². The highest BCUT2D eigenvalue weighted by Gasteiger charge is 2.21. The fourth-order valence-corrected chi connectivity index (χ4v) is 1.95. The van der Waals surface area contributed by atoms with Gasteiger partial charge in [0, 0.05) is 26.8 Å². The van der Waals surface area contributed by atoms with Crippen LogP contribution in [0.2, 0.25) is 0 Å². The van der Waals surface area contributed by atoms with Crippen LogP contribution in [0.15, 0.2) is 0 Å². The third-order valence-corrected chi connectivity index (χ3v) is 2.92. The van der Waals surface area contributed by atoms with Gasteiger partial charge >= 0.3 is 0 Å². The molecule has 0 saturated carbocycles. The second kappa shape index (κ2) is 5.13. The number of aromatic nitrogens is 3. The van der Waals surface area contributed by atoms with Crippen molar-refractivity contribution in [3.63, 3.8) is 0 Å². The van der Waals surface area contributed by atoms with Gasteiger partial charge < -0.3 is 15.4 Å². The average molecular weight is 239 g/mol. The highest BCUT2D eigenvalue weighted by Crippen LogP contribution is 2.16. The summed E-state index contributed by atoms with van der Waals surface area (Å²) >= 11 is 0. The van der Waals surface area contributed by atoms with E-state index < -0.39 is 0 Å². The Kier molecular flexibility index (Phi) is 3.58. The van der Waals surface area contributed by atoms with Crippen LogP contribution < -0.4 is 5.73 Å². The average Bonchev–Trinajstić information content (AvgIpc) is 2.76. The number of hydrogen-bond donors (Lipinski definition) is 2. The number of rotatable bonds is 3. The van der Waals surface area contributed by atoms with Gasteiger partial charge in [-0.2, -0.15) is 4.98 Å². The highest BCUT2D eigenvalue weighted by atomic mass is 16.5. The molecule has 2 rings (SSSR count). The molecule has 17 heavy (non-hydrogen) atoms.